The predicted molar refractivity (Wildman–Crippen MR) is 139 cm³/mol. The van der Waals surface area contributed by atoms with Crippen LogP contribution in [0.2, 0.25) is 0 Å². The highest BCUT2D eigenvalue weighted by Crippen LogP contribution is 2.31. The van der Waals surface area contributed by atoms with Gasteiger partial charge < -0.3 is 30.5 Å². The minimum Gasteiger partial charge on any atom is -0.491 e. The van der Waals surface area contributed by atoms with Crippen LogP contribution in [0.4, 0.5) is 11.6 Å². The molecule has 2 aromatic rings. The number of aliphatic hydroxyl groups is 1. The van der Waals surface area contributed by atoms with Gasteiger partial charge in [-0.05, 0) is 51.8 Å². The molecular weight excluding hydrogens is 444 g/mol. The topological polar surface area (TPSA) is 109 Å². The summed E-state index contributed by atoms with van der Waals surface area (Å²) in [6.45, 7) is 8.75. The molecule has 2 saturated heterocycles. The van der Waals surface area contributed by atoms with Gasteiger partial charge in [-0.25, -0.2) is 9.97 Å². The van der Waals surface area contributed by atoms with E-state index in [0.29, 0.717) is 23.9 Å². The predicted octanol–water partition coefficient (Wildman–Crippen LogP) is 2.07. The average Bonchev–Trinajstić information content (AvgIpc) is 3.55. The lowest BCUT2D eigenvalue weighted by Crippen LogP contribution is -2.47. The maximum atomic E-state index is 9.86. The van der Waals surface area contributed by atoms with Crippen LogP contribution in [0, 0.1) is 6.92 Å². The highest BCUT2D eigenvalue weighted by molar-refractivity contribution is 5.66. The number of nitrogens with two attached hydrogens (primary N) is 1. The zero-order chi connectivity index (χ0) is 24.6. The number of rotatable bonds is 8. The number of aromatic nitrogens is 2. The fourth-order valence-electron chi connectivity index (χ4n) is 4.42. The maximum absolute atomic E-state index is 9.86. The second-order valence-corrected chi connectivity index (χ2v) is 9.51. The fraction of sp³-hybridized carbons (Fsp3) is 0.615. The van der Waals surface area contributed by atoms with Crippen LogP contribution >= 0.6 is 0 Å². The summed E-state index contributed by atoms with van der Waals surface area (Å²) in [5.41, 5.74) is 8.04. The molecule has 1 aromatic carbocycles. The quantitative estimate of drug-likeness (QED) is 0.519. The molecule has 192 valence electrons. The summed E-state index contributed by atoms with van der Waals surface area (Å²) in [4.78, 5) is 14.3. The Morgan fingerprint density at radius 1 is 1.17 bits per heavy atom. The first-order chi connectivity index (χ1) is 17.0. The Balaban J connectivity index is 0.000000514. The molecule has 3 fully saturated rings. The molecule has 9 nitrogen and oxygen atoms in total. The van der Waals surface area contributed by atoms with Crippen molar-refractivity contribution in [2.75, 3.05) is 70.2 Å². The first-order valence-electron chi connectivity index (χ1n) is 12.8. The molecule has 3 aliphatic rings. The Morgan fingerprint density at radius 3 is 2.54 bits per heavy atom. The van der Waals surface area contributed by atoms with E-state index in [1.165, 1.54) is 25.7 Å². The van der Waals surface area contributed by atoms with Crippen LogP contribution in [0.5, 0.6) is 5.75 Å². The Kier molecular flexibility index (Phi) is 9.14. The molecule has 1 aromatic heterocycles. The summed E-state index contributed by atoms with van der Waals surface area (Å²) in [7, 11) is 1.80. The van der Waals surface area contributed by atoms with E-state index >= 15 is 0 Å². The monoisotopic (exact) mass is 484 g/mol. The van der Waals surface area contributed by atoms with Crippen molar-refractivity contribution in [2.24, 2.45) is 0 Å². The Morgan fingerprint density at radius 2 is 1.91 bits per heavy atom. The molecule has 1 aliphatic carbocycles. The minimum atomic E-state index is -0.564. The van der Waals surface area contributed by atoms with Crippen molar-refractivity contribution in [3.05, 3.63) is 29.8 Å². The summed E-state index contributed by atoms with van der Waals surface area (Å²) in [6.07, 6.45) is 4.67. The lowest BCUT2D eigenvalue weighted by atomic mass is 10.1. The fourth-order valence-corrected chi connectivity index (χ4v) is 4.42. The largest absolute Gasteiger partial charge is 0.491 e. The molecule has 5 rings (SSSR count). The number of nitrogens with one attached hydrogen (secondary N) is 1. The molecule has 0 spiro atoms. The van der Waals surface area contributed by atoms with E-state index < -0.39 is 6.10 Å². The van der Waals surface area contributed by atoms with Crippen molar-refractivity contribution >= 4 is 11.6 Å². The molecule has 9 heteroatoms. The Hall–Kier alpha value is -2.46. The number of aliphatic hydroxyl groups excluding tert-OH is 1. The second-order valence-electron chi connectivity index (χ2n) is 9.51. The van der Waals surface area contributed by atoms with Gasteiger partial charge in [0, 0.05) is 63.1 Å². The Bertz CT molecular complexity index is 935. The number of benzene rings is 1. The summed E-state index contributed by atoms with van der Waals surface area (Å²) >= 11 is 0. The Labute approximate surface area is 208 Å². The number of hydrogen-bond donors (Lipinski definition) is 3. The number of piperazine rings is 1. The number of nitrogen functional groups attached to an aromatic ring is 1. The second kappa shape index (κ2) is 12.5. The van der Waals surface area contributed by atoms with E-state index in [1.54, 1.807) is 7.05 Å². The molecule has 3 heterocycles. The molecule has 1 atom stereocenters. The van der Waals surface area contributed by atoms with Crippen molar-refractivity contribution in [3.63, 3.8) is 0 Å². The van der Waals surface area contributed by atoms with Crippen molar-refractivity contribution in [2.45, 2.75) is 44.8 Å². The van der Waals surface area contributed by atoms with Gasteiger partial charge in [-0.15, -0.1) is 0 Å². The van der Waals surface area contributed by atoms with E-state index in [0.717, 1.165) is 62.4 Å². The molecule has 4 N–H and O–H groups in total. The van der Waals surface area contributed by atoms with Crippen LogP contribution in [-0.2, 0) is 4.74 Å². The van der Waals surface area contributed by atoms with Crippen molar-refractivity contribution < 1.29 is 14.6 Å². The van der Waals surface area contributed by atoms with Crippen LogP contribution in [0.25, 0.3) is 11.4 Å². The summed E-state index contributed by atoms with van der Waals surface area (Å²) in [5, 5.41) is 12.8. The highest BCUT2D eigenvalue weighted by Gasteiger charge is 2.32. The first-order valence-corrected chi connectivity index (χ1v) is 12.8. The van der Waals surface area contributed by atoms with Crippen LogP contribution in [0.15, 0.2) is 24.3 Å². The van der Waals surface area contributed by atoms with Crippen LogP contribution in [0.3, 0.4) is 0 Å². The van der Waals surface area contributed by atoms with Gasteiger partial charge in [-0.3, -0.25) is 4.90 Å². The van der Waals surface area contributed by atoms with Crippen molar-refractivity contribution in [1.82, 2.24) is 20.2 Å². The van der Waals surface area contributed by atoms with Gasteiger partial charge in [0.15, 0.2) is 5.82 Å². The van der Waals surface area contributed by atoms with Gasteiger partial charge >= 0.3 is 0 Å². The van der Waals surface area contributed by atoms with Gasteiger partial charge in [-0.2, -0.15) is 0 Å². The first kappa shape index (κ1) is 25.6. The van der Waals surface area contributed by atoms with E-state index in [-0.39, 0.29) is 6.61 Å². The molecule has 1 saturated carbocycles. The normalized spacial score (nSPS) is 19.2. The SMILES string of the molecule is C1CCOC1.CNCC(O)COc1cccc(-c2nc(N)c(C)c(N3CCN(C4CC4)CC3)n2)c1. The van der Waals surface area contributed by atoms with Crippen LogP contribution in [-0.4, -0.2) is 91.7 Å². The zero-order valence-corrected chi connectivity index (χ0v) is 21.1. The maximum Gasteiger partial charge on any atom is 0.164 e. The van der Waals surface area contributed by atoms with Gasteiger partial charge in [0.2, 0.25) is 0 Å². The van der Waals surface area contributed by atoms with Gasteiger partial charge in [-0.1, -0.05) is 12.1 Å². The smallest absolute Gasteiger partial charge is 0.164 e. The third-order valence-corrected chi connectivity index (χ3v) is 6.64. The molecular formula is C26H40N6O3. The molecule has 35 heavy (non-hydrogen) atoms. The number of likely N-dealkylation sites (N-methyl/N-ethyl adjacent to an activating group) is 1. The average molecular weight is 485 g/mol. The molecule has 0 radical (unpaired) electrons. The van der Waals surface area contributed by atoms with Gasteiger partial charge in [0.05, 0.1) is 0 Å². The third kappa shape index (κ3) is 7.27. The van der Waals surface area contributed by atoms with Gasteiger partial charge in [0.25, 0.3) is 0 Å². The number of hydrogen-bond acceptors (Lipinski definition) is 9. The van der Waals surface area contributed by atoms with E-state index in [9.17, 15) is 5.11 Å². The minimum absolute atomic E-state index is 0.220. The standard InChI is InChI=1S/C22H32N6O2.C4H8O/c1-15-20(23)25-21(16-4-3-5-19(12-16)30-14-18(29)13-24-2)26-22(15)28-10-8-27(9-11-28)17-6-7-17;1-2-4-5-3-1/h3-5,12,17-18,24,29H,6-11,13-14H2,1-2H3,(H2,23,25,26);1-4H2. The van der Waals surface area contributed by atoms with Gasteiger partial charge in [0.1, 0.15) is 30.1 Å². The molecule has 2 aliphatic heterocycles. The number of anilines is 2. The molecule has 0 amide bonds. The van der Waals surface area contributed by atoms with Crippen LogP contribution < -0.4 is 20.7 Å². The lowest BCUT2D eigenvalue weighted by molar-refractivity contribution is 0.108. The van der Waals surface area contributed by atoms with E-state index in [4.69, 9.17) is 20.2 Å². The van der Waals surface area contributed by atoms with E-state index in [1.807, 2.05) is 31.2 Å². The zero-order valence-electron chi connectivity index (χ0n) is 21.1. The highest BCUT2D eigenvalue weighted by atomic mass is 16.5. The molecule has 0 bridgehead atoms. The summed E-state index contributed by atoms with van der Waals surface area (Å²) in [6, 6.07) is 8.42. The van der Waals surface area contributed by atoms with Crippen LogP contribution in [0.1, 0.15) is 31.2 Å². The van der Waals surface area contributed by atoms with Crippen molar-refractivity contribution in [3.8, 4) is 17.1 Å². The number of nitrogens with zero attached hydrogens (tertiary/aromatic N) is 4. The third-order valence-electron chi connectivity index (χ3n) is 6.64. The summed E-state index contributed by atoms with van der Waals surface area (Å²) in [5.74, 6) is 2.70. The van der Waals surface area contributed by atoms with E-state index in [2.05, 4.69) is 20.1 Å². The lowest BCUT2D eigenvalue weighted by Gasteiger charge is -2.36. The summed E-state index contributed by atoms with van der Waals surface area (Å²) < 4.78 is 10.7. The number of ether oxygens (including phenoxy) is 2. The molecule has 1 unspecified atom stereocenters. The van der Waals surface area contributed by atoms with Crippen molar-refractivity contribution in [1.29, 1.82) is 0 Å².